The molecule has 9 heteroatoms. The number of carboxylic acids is 1. The van der Waals surface area contributed by atoms with Crippen LogP contribution in [0.5, 0.6) is 23.0 Å². The van der Waals surface area contributed by atoms with E-state index in [1.165, 1.54) is 7.11 Å². The van der Waals surface area contributed by atoms with Crippen LogP contribution in [0.4, 0.5) is 0 Å². The first-order valence-electron chi connectivity index (χ1n) is 10.8. The van der Waals surface area contributed by atoms with E-state index in [1.807, 2.05) is 0 Å². The van der Waals surface area contributed by atoms with Crippen molar-refractivity contribution in [2.24, 2.45) is 5.92 Å². The molecule has 0 bridgehead atoms. The van der Waals surface area contributed by atoms with Crippen molar-refractivity contribution in [3.05, 3.63) is 53.3 Å². The predicted molar refractivity (Wildman–Crippen MR) is 121 cm³/mol. The summed E-state index contributed by atoms with van der Waals surface area (Å²) in [5, 5.41) is 9.08. The third-order valence-corrected chi connectivity index (χ3v) is 5.92. The molecule has 2 aromatic rings. The first-order chi connectivity index (χ1) is 16.4. The second-order valence-corrected chi connectivity index (χ2v) is 7.99. The van der Waals surface area contributed by atoms with Crippen LogP contribution < -0.4 is 18.9 Å². The normalized spacial score (nSPS) is 16.7. The second kappa shape index (κ2) is 9.86. The molecule has 2 heterocycles. The number of allylic oxidation sites excluding steroid dienone is 1. The number of ketones is 1. The van der Waals surface area contributed by atoms with Gasteiger partial charge in [0.15, 0.2) is 12.4 Å². The maximum Gasteiger partial charge on any atom is 0.306 e. The van der Waals surface area contributed by atoms with Crippen LogP contribution in [0.1, 0.15) is 28.8 Å². The summed E-state index contributed by atoms with van der Waals surface area (Å²) in [4.78, 5) is 37.9. The number of Topliss-reactive ketones (excluding diaryl/α,β-unsaturated/α-hetero) is 1. The number of carboxylic acid groups (broad SMARTS) is 1. The Hall–Kier alpha value is -4.01. The summed E-state index contributed by atoms with van der Waals surface area (Å²) in [6.07, 6.45) is 2.46. The number of rotatable bonds is 7. The van der Waals surface area contributed by atoms with Crippen LogP contribution in [-0.2, 0) is 9.59 Å². The zero-order valence-electron chi connectivity index (χ0n) is 18.9. The molecule has 0 radical (unpaired) electrons. The predicted octanol–water partition coefficient (Wildman–Crippen LogP) is 3.02. The summed E-state index contributed by atoms with van der Waals surface area (Å²) in [7, 11) is 3.09. The maximum absolute atomic E-state index is 12.8. The average molecular weight is 467 g/mol. The highest BCUT2D eigenvalue weighted by Crippen LogP contribution is 2.36. The summed E-state index contributed by atoms with van der Waals surface area (Å²) in [6.45, 7) is 0.597. The molecular weight excluding hydrogens is 442 g/mol. The fraction of sp³-hybridized carbons (Fsp3) is 0.320. The summed E-state index contributed by atoms with van der Waals surface area (Å²) in [5.74, 6) is 0.321. The molecule has 9 nitrogen and oxygen atoms in total. The lowest BCUT2D eigenvalue weighted by Gasteiger charge is -2.30. The van der Waals surface area contributed by atoms with Crippen LogP contribution in [0.3, 0.4) is 0 Å². The number of likely N-dealkylation sites (tertiary alicyclic amines) is 1. The van der Waals surface area contributed by atoms with Gasteiger partial charge in [-0.3, -0.25) is 14.4 Å². The lowest BCUT2D eigenvalue weighted by molar-refractivity contribution is -0.146. The molecule has 2 aliphatic rings. The van der Waals surface area contributed by atoms with E-state index in [1.54, 1.807) is 54.5 Å². The quantitative estimate of drug-likeness (QED) is 0.619. The van der Waals surface area contributed by atoms with E-state index in [0.29, 0.717) is 60.1 Å². The molecule has 2 aromatic carbocycles. The molecule has 0 aliphatic carbocycles. The van der Waals surface area contributed by atoms with Crippen molar-refractivity contribution in [1.82, 2.24) is 4.90 Å². The number of nitrogens with zero attached hydrogens (tertiary/aromatic N) is 1. The standard InChI is InChI=1S/C25H25NO8/c1-31-17-4-6-20(32-2)16(11-17)12-22-24(28)19-5-3-18(13-21(19)34-22)33-14-23(27)26-9-7-15(8-10-26)25(29)30/h3-6,11-13,15H,7-10,14H2,1-2H3,(H,29,30). The van der Waals surface area contributed by atoms with Gasteiger partial charge in [0, 0.05) is 24.7 Å². The van der Waals surface area contributed by atoms with Gasteiger partial charge >= 0.3 is 5.97 Å². The Morgan fingerprint density at radius 3 is 2.50 bits per heavy atom. The van der Waals surface area contributed by atoms with Crippen molar-refractivity contribution < 1.29 is 38.4 Å². The van der Waals surface area contributed by atoms with E-state index in [0.717, 1.165) is 0 Å². The highest BCUT2D eigenvalue weighted by atomic mass is 16.5. The van der Waals surface area contributed by atoms with Crippen LogP contribution in [0.15, 0.2) is 42.2 Å². The number of hydrogen-bond acceptors (Lipinski definition) is 7. The molecule has 0 saturated carbocycles. The maximum atomic E-state index is 12.8. The molecule has 0 aromatic heterocycles. The van der Waals surface area contributed by atoms with Gasteiger partial charge in [0.2, 0.25) is 5.78 Å². The molecule has 4 rings (SSSR count). The van der Waals surface area contributed by atoms with Gasteiger partial charge in [0.25, 0.3) is 5.91 Å². The minimum Gasteiger partial charge on any atom is -0.497 e. The van der Waals surface area contributed by atoms with Crippen molar-refractivity contribution in [2.45, 2.75) is 12.8 Å². The number of methoxy groups -OCH3 is 2. The molecular formula is C25H25NO8. The summed E-state index contributed by atoms with van der Waals surface area (Å²) < 4.78 is 22.0. The summed E-state index contributed by atoms with van der Waals surface area (Å²) >= 11 is 0. The number of carbonyl (C=O) groups is 3. The number of ether oxygens (including phenoxy) is 4. The van der Waals surface area contributed by atoms with Gasteiger partial charge in [0.1, 0.15) is 23.0 Å². The molecule has 1 amide bonds. The molecule has 0 atom stereocenters. The molecule has 1 saturated heterocycles. The van der Waals surface area contributed by atoms with E-state index in [2.05, 4.69) is 0 Å². The number of fused-ring (bicyclic) bond motifs is 1. The second-order valence-electron chi connectivity index (χ2n) is 7.99. The minimum absolute atomic E-state index is 0.135. The molecule has 2 aliphatic heterocycles. The smallest absolute Gasteiger partial charge is 0.306 e. The first kappa shape index (κ1) is 23.2. The van der Waals surface area contributed by atoms with Crippen molar-refractivity contribution in [3.63, 3.8) is 0 Å². The van der Waals surface area contributed by atoms with Crippen LogP contribution in [0.25, 0.3) is 6.08 Å². The van der Waals surface area contributed by atoms with E-state index in [-0.39, 0.29) is 24.1 Å². The Labute approximate surface area is 196 Å². The van der Waals surface area contributed by atoms with Crippen LogP contribution in [0, 0.1) is 5.92 Å². The van der Waals surface area contributed by atoms with Crippen LogP contribution in [-0.4, -0.2) is 61.6 Å². The SMILES string of the molecule is COc1ccc(OC)c(C=C2Oc3cc(OCC(=O)N4CCC(C(=O)O)CC4)ccc3C2=O)c1. The van der Waals surface area contributed by atoms with Crippen molar-refractivity contribution in [1.29, 1.82) is 0 Å². The average Bonchev–Trinajstić information content (AvgIpc) is 3.16. The Kier molecular flexibility index (Phi) is 6.72. The number of benzene rings is 2. The van der Waals surface area contributed by atoms with Gasteiger partial charge in [0.05, 0.1) is 25.7 Å². The number of piperidine rings is 1. The van der Waals surface area contributed by atoms with E-state index >= 15 is 0 Å². The Morgan fingerprint density at radius 1 is 1.09 bits per heavy atom. The zero-order valence-corrected chi connectivity index (χ0v) is 18.9. The fourth-order valence-corrected chi connectivity index (χ4v) is 3.96. The largest absolute Gasteiger partial charge is 0.497 e. The zero-order chi connectivity index (χ0) is 24.2. The van der Waals surface area contributed by atoms with Gasteiger partial charge in [-0.25, -0.2) is 0 Å². The van der Waals surface area contributed by atoms with Gasteiger partial charge in [-0.05, 0) is 49.2 Å². The molecule has 34 heavy (non-hydrogen) atoms. The van der Waals surface area contributed by atoms with Gasteiger partial charge in [-0.1, -0.05) is 0 Å². The monoisotopic (exact) mass is 467 g/mol. The third kappa shape index (κ3) is 4.83. The Bertz CT molecular complexity index is 1150. The van der Waals surface area contributed by atoms with Gasteiger partial charge in [-0.15, -0.1) is 0 Å². The molecule has 178 valence electrons. The van der Waals surface area contributed by atoms with Crippen LogP contribution in [0.2, 0.25) is 0 Å². The minimum atomic E-state index is -0.825. The first-order valence-corrected chi connectivity index (χ1v) is 10.8. The lowest BCUT2D eigenvalue weighted by atomic mass is 9.97. The van der Waals surface area contributed by atoms with Crippen LogP contribution >= 0.6 is 0 Å². The molecule has 1 fully saturated rings. The summed E-state index contributed by atoms with van der Waals surface area (Å²) in [6, 6.07) is 10.0. The highest BCUT2D eigenvalue weighted by molar-refractivity contribution is 6.14. The molecule has 1 N–H and O–H groups in total. The highest BCUT2D eigenvalue weighted by Gasteiger charge is 2.29. The Balaban J connectivity index is 1.42. The molecule has 0 spiro atoms. The molecule has 0 unspecified atom stereocenters. The Morgan fingerprint density at radius 2 is 1.82 bits per heavy atom. The topological polar surface area (TPSA) is 112 Å². The summed E-state index contributed by atoms with van der Waals surface area (Å²) in [5.41, 5.74) is 1.02. The van der Waals surface area contributed by atoms with E-state index < -0.39 is 11.9 Å². The van der Waals surface area contributed by atoms with E-state index in [4.69, 9.17) is 24.1 Å². The van der Waals surface area contributed by atoms with E-state index in [9.17, 15) is 14.4 Å². The van der Waals surface area contributed by atoms with Crippen molar-refractivity contribution in [3.8, 4) is 23.0 Å². The number of aliphatic carboxylic acids is 1. The number of amides is 1. The third-order valence-electron chi connectivity index (χ3n) is 5.92. The van der Waals surface area contributed by atoms with Crippen molar-refractivity contribution >= 4 is 23.7 Å². The number of hydrogen-bond donors (Lipinski definition) is 1. The lowest BCUT2D eigenvalue weighted by Crippen LogP contribution is -2.42. The van der Waals surface area contributed by atoms with Crippen molar-refractivity contribution in [2.75, 3.05) is 33.9 Å². The number of carbonyl (C=O) groups excluding carboxylic acids is 2. The van der Waals surface area contributed by atoms with Gasteiger partial charge < -0.3 is 29.0 Å². The fourth-order valence-electron chi connectivity index (χ4n) is 3.96. The van der Waals surface area contributed by atoms with Gasteiger partial charge in [-0.2, -0.15) is 0 Å².